The van der Waals surface area contributed by atoms with Crippen LogP contribution in [0.25, 0.3) is 0 Å². The summed E-state index contributed by atoms with van der Waals surface area (Å²) >= 11 is 2.20. The Bertz CT molecular complexity index is 945. The fraction of sp³-hybridized carbons (Fsp3) is 0. The zero-order valence-corrected chi connectivity index (χ0v) is 16.6. The molecule has 4 aromatic rings. The number of nitrogens with zero attached hydrogens (tertiary/aromatic N) is 7. The molecule has 152 valence electrons. The van der Waals surface area contributed by atoms with E-state index in [4.69, 9.17) is 0 Å². The Kier molecular flexibility index (Phi) is 7.58. The van der Waals surface area contributed by atoms with Crippen LogP contribution in [0.3, 0.4) is 0 Å². The number of carbonyl (C=O) groups is 2. The van der Waals surface area contributed by atoms with Crippen LogP contribution in [0.5, 0.6) is 0 Å². The fourth-order valence-corrected chi connectivity index (χ4v) is 2.59. The van der Waals surface area contributed by atoms with Crippen LogP contribution in [0.2, 0.25) is 0 Å². The molecule has 0 aromatic carbocycles. The molecule has 30 heavy (non-hydrogen) atoms. The Morgan fingerprint density at radius 2 is 1.37 bits per heavy atom. The number of nitrogens with one attached hydrogen (secondary N) is 4. The number of aromatic nitrogens is 7. The van der Waals surface area contributed by atoms with E-state index in [0.29, 0.717) is 15.7 Å². The standard InChI is InChI=1S/C8H7N5OS.C7H6N6OS/c14-8(12-7-5-10-13-15-7)11-6-2-1-3-9-4-6;14-7(11-5-4-10-13-15-5)12-6-8-2-1-3-9-6/h1-5H,(H2,11,12,14);1-4H,(H2,8,9,11,12,14). The normalized spacial score (nSPS) is 9.60. The Hall–Kier alpha value is -4.11. The van der Waals surface area contributed by atoms with Gasteiger partial charge in [0.2, 0.25) is 5.95 Å². The van der Waals surface area contributed by atoms with Crippen molar-refractivity contribution in [2.24, 2.45) is 0 Å². The third-order valence-electron chi connectivity index (χ3n) is 2.91. The quantitative estimate of drug-likeness (QED) is 0.369. The lowest BCUT2D eigenvalue weighted by molar-refractivity contribution is 0.261. The van der Waals surface area contributed by atoms with Crippen LogP contribution in [-0.4, -0.2) is 46.2 Å². The molecule has 4 amide bonds. The maximum atomic E-state index is 11.4. The van der Waals surface area contributed by atoms with Gasteiger partial charge in [-0.05, 0) is 18.2 Å². The van der Waals surface area contributed by atoms with Crippen molar-refractivity contribution in [3.63, 3.8) is 0 Å². The summed E-state index contributed by atoms with van der Waals surface area (Å²) in [5.41, 5.74) is 0.632. The predicted molar refractivity (Wildman–Crippen MR) is 111 cm³/mol. The lowest BCUT2D eigenvalue weighted by Gasteiger charge is -2.03. The number of hydrogen-bond donors (Lipinski definition) is 4. The van der Waals surface area contributed by atoms with Crippen LogP contribution in [0.4, 0.5) is 31.2 Å². The van der Waals surface area contributed by atoms with E-state index in [0.717, 1.165) is 23.1 Å². The Morgan fingerprint density at radius 1 is 0.733 bits per heavy atom. The molecule has 0 spiro atoms. The van der Waals surface area contributed by atoms with Crippen molar-refractivity contribution < 1.29 is 9.59 Å². The molecule has 0 aliphatic heterocycles. The first-order chi connectivity index (χ1) is 14.7. The van der Waals surface area contributed by atoms with Gasteiger partial charge in [0.15, 0.2) is 0 Å². The molecule has 0 aliphatic carbocycles. The highest BCUT2D eigenvalue weighted by molar-refractivity contribution is 7.10. The van der Waals surface area contributed by atoms with Gasteiger partial charge in [0.05, 0.1) is 24.3 Å². The number of pyridine rings is 1. The number of amides is 4. The second-order valence-corrected chi connectivity index (χ2v) is 6.61. The molecule has 0 saturated heterocycles. The zero-order valence-electron chi connectivity index (χ0n) is 15.0. The lowest BCUT2D eigenvalue weighted by atomic mass is 10.4. The Balaban J connectivity index is 0.000000171. The minimum absolute atomic E-state index is 0.243. The van der Waals surface area contributed by atoms with Crippen LogP contribution < -0.4 is 21.3 Å². The van der Waals surface area contributed by atoms with Gasteiger partial charge in [0.1, 0.15) is 10.0 Å². The molecule has 4 aromatic heterocycles. The van der Waals surface area contributed by atoms with E-state index in [9.17, 15) is 9.59 Å². The van der Waals surface area contributed by atoms with Gasteiger partial charge in [-0.2, -0.15) is 0 Å². The molecule has 0 fully saturated rings. The monoisotopic (exact) mass is 443 g/mol. The molecule has 0 bridgehead atoms. The molecule has 4 N–H and O–H groups in total. The van der Waals surface area contributed by atoms with Crippen LogP contribution >= 0.6 is 23.1 Å². The SMILES string of the molecule is O=C(Nc1cccnc1)Nc1cnns1.O=C(Nc1ncccn1)Nc1cnns1. The predicted octanol–water partition coefficient (Wildman–Crippen LogP) is 2.55. The van der Waals surface area contributed by atoms with Crippen molar-refractivity contribution in [1.29, 1.82) is 0 Å². The average Bonchev–Trinajstić information content (AvgIpc) is 3.44. The molecule has 0 radical (unpaired) electrons. The van der Waals surface area contributed by atoms with Crippen LogP contribution in [-0.2, 0) is 0 Å². The first-order valence-corrected chi connectivity index (χ1v) is 9.61. The van der Waals surface area contributed by atoms with Crippen LogP contribution in [0.15, 0.2) is 55.4 Å². The Labute approximate surface area is 177 Å². The first-order valence-electron chi connectivity index (χ1n) is 8.07. The molecule has 4 rings (SSSR count). The highest BCUT2D eigenvalue weighted by atomic mass is 32.1. The van der Waals surface area contributed by atoms with Gasteiger partial charge < -0.3 is 5.32 Å². The summed E-state index contributed by atoms with van der Waals surface area (Å²) in [6.45, 7) is 0. The van der Waals surface area contributed by atoms with Gasteiger partial charge in [-0.15, -0.1) is 10.2 Å². The average molecular weight is 443 g/mol. The van der Waals surface area contributed by atoms with Gasteiger partial charge in [-0.1, -0.05) is 8.98 Å². The van der Waals surface area contributed by atoms with E-state index in [1.165, 1.54) is 24.8 Å². The molecular weight excluding hydrogens is 430 g/mol. The van der Waals surface area contributed by atoms with E-state index in [1.54, 1.807) is 30.6 Å². The second kappa shape index (κ2) is 11.0. The van der Waals surface area contributed by atoms with E-state index in [1.807, 2.05) is 0 Å². The molecule has 13 nitrogen and oxygen atoms in total. The Morgan fingerprint density at radius 3 is 1.90 bits per heavy atom. The minimum Gasteiger partial charge on any atom is -0.306 e. The zero-order chi connectivity index (χ0) is 21.0. The molecule has 0 saturated carbocycles. The summed E-state index contributed by atoms with van der Waals surface area (Å²) in [6.07, 6.45) is 9.21. The van der Waals surface area contributed by atoms with Gasteiger partial charge in [0, 0.05) is 41.7 Å². The van der Waals surface area contributed by atoms with Crippen LogP contribution in [0, 0.1) is 0 Å². The van der Waals surface area contributed by atoms with Crippen molar-refractivity contribution in [1.82, 2.24) is 34.1 Å². The topological polar surface area (TPSA) is 172 Å². The number of hydrogen-bond acceptors (Lipinski definition) is 11. The summed E-state index contributed by atoms with van der Waals surface area (Å²) in [5, 5.41) is 18.5. The highest BCUT2D eigenvalue weighted by Crippen LogP contribution is 2.10. The van der Waals surface area contributed by atoms with Crippen LogP contribution in [0.1, 0.15) is 0 Å². The van der Waals surface area contributed by atoms with Gasteiger partial charge in [-0.25, -0.2) is 19.6 Å². The van der Waals surface area contributed by atoms with E-state index < -0.39 is 6.03 Å². The fourth-order valence-electron chi connectivity index (χ4n) is 1.76. The van der Waals surface area contributed by atoms with E-state index in [2.05, 4.69) is 55.4 Å². The maximum Gasteiger partial charge on any atom is 0.326 e. The molecular formula is C15H13N11O2S2. The lowest BCUT2D eigenvalue weighted by Crippen LogP contribution is -2.20. The maximum absolute atomic E-state index is 11.4. The molecule has 0 unspecified atom stereocenters. The smallest absolute Gasteiger partial charge is 0.306 e. The van der Waals surface area contributed by atoms with Crippen molar-refractivity contribution in [2.75, 3.05) is 21.3 Å². The molecule has 15 heteroatoms. The minimum atomic E-state index is -0.424. The van der Waals surface area contributed by atoms with E-state index in [-0.39, 0.29) is 12.0 Å². The van der Waals surface area contributed by atoms with Crippen molar-refractivity contribution >= 4 is 56.8 Å². The number of anilines is 4. The third kappa shape index (κ3) is 7.13. The van der Waals surface area contributed by atoms with Gasteiger partial charge in [0.25, 0.3) is 0 Å². The van der Waals surface area contributed by atoms with Crippen molar-refractivity contribution in [2.45, 2.75) is 0 Å². The summed E-state index contributed by atoms with van der Waals surface area (Å²) < 4.78 is 7.22. The highest BCUT2D eigenvalue weighted by Gasteiger charge is 2.05. The molecule has 0 aliphatic rings. The summed E-state index contributed by atoms with van der Waals surface area (Å²) in [6, 6.07) is 4.39. The molecule has 4 heterocycles. The van der Waals surface area contributed by atoms with Gasteiger partial charge in [-0.3, -0.25) is 20.9 Å². The summed E-state index contributed by atoms with van der Waals surface area (Å²) in [4.78, 5) is 34.3. The number of urea groups is 2. The van der Waals surface area contributed by atoms with E-state index >= 15 is 0 Å². The summed E-state index contributed by atoms with van der Waals surface area (Å²) in [7, 11) is 0. The first kappa shape index (κ1) is 20.6. The second-order valence-electron chi connectivity index (χ2n) is 5.04. The summed E-state index contributed by atoms with van der Waals surface area (Å²) in [5.74, 6) is 0.243. The largest absolute Gasteiger partial charge is 0.326 e. The number of carbonyl (C=O) groups excluding carboxylic acids is 2. The van der Waals surface area contributed by atoms with Crippen molar-refractivity contribution in [3.05, 3.63) is 55.4 Å². The van der Waals surface area contributed by atoms with Crippen molar-refractivity contribution in [3.8, 4) is 0 Å². The van der Waals surface area contributed by atoms with Gasteiger partial charge >= 0.3 is 12.1 Å². The third-order valence-corrected chi connectivity index (χ3v) is 4.07. The number of rotatable bonds is 4. The molecule has 0 atom stereocenters.